The van der Waals surface area contributed by atoms with E-state index in [0.717, 1.165) is 5.69 Å². The van der Waals surface area contributed by atoms with Crippen molar-refractivity contribution in [2.45, 2.75) is 46.1 Å². The number of nitrogens with zero attached hydrogens (tertiary/aromatic N) is 3. The number of hydrogen-bond donors (Lipinski definition) is 1. The highest BCUT2D eigenvalue weighted by Gasteiger charge is 2.32. The fourth-order valence-electron chi connectivity index (χ4n) is 3.43. The highest BCUT2D eigenvalue weighted by atomic mass is 15.3. The highest BCUT2D eigenvalue weighted by molar-refractivity contribution is 5.49. The van der Waals surface area contributed by atoms with E-state index < -0.39 is 0 Å². The minimum Gasteiger partial charge on any atom is -0.382 e. The number of rotatable bonds is 3. The maximum absolute atomic E-state index is 4.14. The Labute approximate surface area is 126 Å². The first-order valence-electron chi connectivity index (χ1n) is 7.75. The van der Waals surface area contributed by atoms with Gasteiger partial charge in [-0.2, -0.15) is 5.10 Å². The molecular weight excluding hydrogens is 260 g/mol. The van der Waals surface area contributed by atoms with Crippen LogP contribution in [0.2, 0.25) is 0 Å². The van der Waals surface area contributed by atoms with Gasteiger partial charge < -0.3 is 5.32 Å². The summed E-state index contributed by atoms with van der Waals surface area (Å²) < 4.78 is 1.77. The zero-order valence-corrected chi connectivity index (χ0v) is 13.1. The van der Waals surface area contributed by atoms with E-state index in [1.165, 1.54) is 24.9 Å². The molecule has 2 unspecified atom stereocenters. The van der Waals surface area contributed by atoms with Gasteiger partial charge in [-0.3, -0.25) is 0 Å². The minimum absolute atomic E-state index is 0.495. The molecule has 1 fully saturated rings. The molecule has 1 aromatic heterocycles. The number of aromatic nitrogens is 3. The Morgan fingerprint density at radius 1 is 1.24 bits per heavy atom. The molecular formula is C17H24N4. The van der Waals surface area contributed by atoms with Crippen molar-refractivity contribution in [2.24, 2.45) is 11.3 Å². The van der Waals surface area contributed by atoms with E-state index in [1.54, 1.807) is 17.3 Å². The predicted molar refractivity (Wildman–Crippen MR) is 85.6 cm³/mol. The summed E-state index contributed by atoms with van der Waals surface area (Å²) >= 11 is 0. The van der Waals surface area contributed by atoms with E-state index >= 15 is 0 Å². The lowest BCUT2D eigenvalue weighted by Crippen LogP contribution is -2.36. The summed E-state index contributed by atoms with van der Waals surface area (Å²) in [5, 5.41) is 7.84. The Hall–Kier alpha value is -1.84. The fourth-order valence-corrected chi connectivity index (χ4v) is 3.43. The van der Waals surface area contributed by atoms with Crippen molar-refractivity contribution in [1.82, 2.24) is 14.8 Å². The lowest BCUT2D eigenvalue weighted by atomic mass is 9.70. The second kappa shape index (κ2) is 5.51. The van der Waals surface area contributed by atoms with Crippen molar-refractivity contribution < 1.29 is 0 Å². The highest BCUT2D eigenvalue weighted by Crippen LogP contribution is 2.39. The molecule has 2 atom stereocenters. The molecule has 4 heteroatoms. The van der Waals surface area contributed by atoms with E-state index in [0.29, 0.717) is 17.4 Å². The van der Waals surface area contributed by atoms with Crippen LogP contribution in [0.4, 0.5) is 5.69 Å². The largest absolute Gasteiger partial charge is 0.382 e. The van der Waals surface area contributed by atoms with Gasteiger partial charge in [-0.05, 0) is 54.9 Å². The van der Waals surface area contributed by atoms with Crippen LogP contribution in [0.15, 0.2) is 36.9 Å². The Morgan fingerprint density at radius 2 is 2.00 bits per heavy atom. The van der Waals surface area contributed by atoms with Gasteiger partial charge in [0.2, 0.25) is 0 Å². The zero-order chi connectivity index (χ0) is 14.9. The molecule has 1 saturated carbocycles. The van der Waals surface area contributed by atoms with Gasteiger partial charge >= 0.3 is 0 Å². The number of anilines is 1. The molecule has 2 aromatic rings. The summed E-state index contributed by atoms with van der Waals surface area (Å²) in [7, 11) is 0. The molecule has 0 radical (unpaired) electrons. The molecule has 3 rings (SSSR count). The third-order valence-corrected chi connectivity index (χ3v) is 4.60. The molecule has 21 heavy (non-hydrogen) atoms. The van der Waals surface area contributed by atoms with Gasteiger partial charge in [0.25, 0.3) is 0 Å². The van der Waals surface area contributed by atoms with Gasteiger partial charge in [-0.25, -0.2) is 9.67 Å². The van der Waals surface area contributed by atoms with Crippen molar-refractivity contribution >= 4 is 5.69 Å². The molecule has 4 nitrogen and oxygen atoms in total. The normalized spacial score (nSPS) is 24.7. The van der Waals surface area contributed by atoms with Crippen molar-refractivity contribution in [1.29, 1.82) is 0 Å². The molecule has 0 aliphatic heterocycles. The van der Waals surface area contributed by atoms with Gasteiger partial charge in [0.15, 0.2) is 0 Å². The second-order valence-electron chi connectivity index (χ2n) is 7.02. The third-order valence-electron chi connectivity index (χ3n) is 4.60. The summed E-state index contributed by atoms with van der Waals surface area (Å²) in [6.07, 6.45) is 7.11. The summed E-state index contributed by atoms with van der Waals surface area (Å²) in [5.74, 6) is 0.712. The lowest BCUT2D eigenvalue weighted by Gasteiger charge is -2.40. The topological polar surface area (TPSA) is 42.7 Å². The standard InChI is InChI=1S/C17H24N4/c1-13-10-17(2,3)9-8-16(13)20-14-4-6-15(7-5-14)21-12-18-11-19-21/h4-7,11-13,16,20H,8-10H2,1-3H3. The van der Waals surface area contributed by atoms with Crippen LogP contribution in [0.3, 0.4) is 0 Å². The quantitative estimate of drug-likeness (QED) is 0.929. The molecule has 0 amide bonds. The molecule has 0 saturated heterocycles. The maximum atomic E-state index is 4.14. The monoisotopic (exact) mass is 284 g/mol. The first kappa shape index (κ1) is 14.1. The van der Waals surface area contributed by atoms with Crippen molar-refractivity contribution in [2.75, 3.05) is 5.32 Å². The van der Waals surface area contributed by atoms with Crippen LogP contribution >= 0.6 is 0 Å². The average Bonchev–Trinajstić information content (AvgIpc) is 2.96. The Bertz CT molecular complexity index is 571. The molecule has 112 valence electrons. The van der Waals surface area contributed by atoms with Gasteiger partial charge in [-0.15, -0.1) is 0 Å². The van der Waals surface area contributed by atoms with E-state index in [4.69, 9.17) is 0 Å². The van der Waals surface area contributed by atoms with Crippen LogP contribution in [-0.4, -0.2) is 20.8 Å². The first-order chi connectivity index (χ1) is 10.0. The van der Waals surface area contributed by atoms with Gasteiger partial charge in [-0.1, -0.05) is 20.8 Å². The number of benzene rings is 1. The van der Waals surface area contributed by atoms with Crippen LogP contribution in [0.5, 0.6) is 0 Å². The van der Waals surface area contributed by atoms with Gasteiger partial charge in [0.05, 0.1) is 5.69 Å². The fraction of sp³-hybridized carbons (Fsp3) is 0.529. The zero-order valence-electron chi connectivity index (χ0n) is 13.1. The van der Waals surface area contributed by atoms with Gasteiger partial charge in [0.1, 0.15) is 12.7 Å². The SMILES string of the molecule is CC1CC(C)(C)CCC1Nc1ccc(-n2cncn2)cc1. The smallest absolute Gasteiger partial charge is 0.138 e. The Balaban J connectivity index is 1.66. The Morgan fingerprint density at radius 3 is 2.62 bits per heavy atom. The summed E-state index contributed by atoms with van der Waals surface area (Å²) in [5.41, 5.74) is 2.72. The second-order valence-corrected chi connectivity index (χ2v) is 7.02. The molecule has 1 heterocycles. The minimum atomic E-state index is 0.495. The van der Waals surface area contributed by atoms with Crippen LogP contribution in [0.1, 0.15) is 40.0 Å². The molecule has 1 N–H and O–H groups in total. The average molecular weight is 284 g/mol. The van der Waals surface area contributed by atoms with E-state index in [9.17, 15) is 0 Å². The molecule has 1 aliphatic rings. The molecule has 1 aliphatic carbocycles. The summed E-state index contributed by atoms with van der Waals surface area (Å²) in [6.45, 7) is 7.13. The van der Waals surface area contributed by atoms with Crippen LogP contribution in [0.25, 0.3) is 5.69 Å². The first-order valence-corrected chi connectivity index (χ1v) is 7.75. The molecule has 0 spiro atoms. The van der Waals surface area contributed by atoms with E-state index in [1.807, 2.05) is 0 Å². The van der Waals surface area contributed by atoms with Crippen LogP contribution < -0.4 is 5.32 Å². The number of hydrogen-bond acceptors (Lipinski definition) is 3. The van der Waals surface area contributed by atoms with Crippen molar-refractivity contribution in [3.8, 4) is 5.69 Å². The lowest BCUT2D eigenvalue weighted by molar-refractivity contribution is 0.177. The number of nitrogens with one attached hydrogen (secondary N) is 1. The van der Waals surface area contributed by atoms with Crippen molar-refractivity contribution in [3.63, 3.8) is 0 Å². The van der Waals surface area contributed by atoms with E-state index in [-0.39, 0.29) is 0 Å². The van der Waals surface area contributed by atoms with Gasteiger partial charge in [0, 0.05) is 11.7 Å². The van der Waals surface area contributed by atoms with Crippen molar-refractivity contribution in [3.05, 3.63) is 36.9 Å². The third kappa shape index (κ3) is 3.26. The summed E-state index contributed by atoms with van der Waals surface area (Å²) in [6, 6.07) is 8.99. The van der Waals surface area contributed by atoms with Crippen LogP contribution in [0, 0.1) is 11.3 Å². The van der Waals surface area contributed by atoms with E-state index in [2.05, 4.69) is 60.4 Å². The van der Waals surface area contributed by atoms with Crippen LogP contribution in [-0.2, 0) is 0 Å². The predicted octanol–water partition coefficient (Wildman–Crippen LogP) is 3.89. The molecule has 0 bridgehead atoms. The summed E-state index contributed by atoms with van der Waals surface area (Å²) in [4.78, 5) is 3.97. The Kier molecular flexibility index (Phi) is 3.70. The maximum Gasteiger partial charge on any atom is 0.138 e. The molecule has 1 aromatic carbocycles.